The molecule has 1 amide bonds. The summed E-state index contributed by atoms with van der Waals surface area (Å²) >= 11 is 0. The van der Waals surface area contributed by atoms with Gasteiger partial charge in [-0.2, -0.15) is 0 Å². The maximum absolute atomic E-state index is 11.7. The Kier molecular flexibility index (Phi) is 3.77. The Labute approximate surface area is 101 Å². The highest BCUT2D eigenvalue weighted by molar-refractivity contribution is 5.91. The number of hydroxylamine groups is 2. The molecule has 1 heterocycles. The van der Waals surface area contributed by atoms with Crippen LogP contribution in [0.15, 0.2) is 30.3 Å². The molecule has 0 spiro atoms. The lowest BCUT2D eigenvalue weighted by Crippen LogP contribution is -2.34. The highest BCUT2D eigenvalue weighted by atomic mass is 16.7. The largest absolute Gasteiger partial charge is 0.399 e. The second kappa shape index (κ2) is 5.50. The van der Waals surface area contributed by atoms with Crippen molar-refractivity contribution < 1.29 is 9.63 Å². The number of amides is 1. The van der Waals surface area contributed by atoms with E-state index in [4.69, 9.17) is 10.6 Å². The van der Waals surface area contributed by atoms with Crippen molar-refractivity contribution in [2.24, 2.45) is 0 Å². The van der Waals surface area contributed by atoms with E-state index in [9.17, 15) is 4.79 Å². The molecule has 0 radical (unpaired) electrons. The summed E-state index contributed by atoms with van der Waals surface area (Å²) in [4.78, 5) is 17.0. The Hall–Kier alpha value is -1.81. The van der Waals surface area contributed by atoms with Gasteiger partial charge in [-0.25, -0.2) is 5.06 Å². The molecule has 90 valence electrons. The summed E-state index contributed by atoms with van der Waals surface area (Å²) in [5, 5.41) is 1.41. The summed E-state index contributed by atoms with van der Waals surface area (Å²) in [6.45, 7) is 1.30. The number of benzene rings is 1. The summed E-state index contributed by atoms with van der Waals surface area (Å²) in [5.41, 5.74) is 7.24. The van der Waals surface area contributed by atoms with E-state index in [-0.39, 0.29) is 5.91 Å². The van der Waals surface area contributed by atoms with Gasteiger partial charge >= 0.3 is 0 Å². The third kappa shape index (κ3) is 3.32. The second-order valence-corrected chi connectivity index (χ2v) is 3.98. The average Bonchev–Trinajstić information content (AvgIpc) is 2.39. The van der Waals surface area contributed by atoms with Gasteiger partial charge in [0.05, 0.1) is 6.61 Å². The average molecular weight is 232 g/mol. The standard InChI is InChI=1S/C13H16N2O2/c14-12-6-3-11(4-7-12)5-8-13(16)15-9-1-2-10-17-15/h3-8H,1-2,9-10,14H2/b8-5+. The van der Waals surface area contributed by atoms with E-state index in [0.717, 1.165) is 18.4 Å². The third-order valence-electron chi connectivity index (χ3n) is 2.60. The maximum Gasteiger partial charge on any atom is 0.270 e. The molecule has 0 saturated carbocycles. The smallest absolute Gasteiger partial charge is 0.270 e. The molecule has 0 bridgehead atoms. The first kappa shape index (κ1) is 11.7. The molecule has 1 fully saturated rings. The number of hydrogen-bond donors (Lipinski definition) is 1. The van der Waals surface area contributed by atoms with Crippen LogP contribution in [-0.4, -0.2) is 24.1 Å². The highest BCUT2D eigenvalue weighted by Crippen LogP contribution is 2.09. The van der Waals surface area contributed by atoms with Gasteiger partial charge < -0.3 is 5.73 Å². The van der Waals surface area contributed by atoms with E-state index in [1.807, 2.05) is 24.3 Å². The minimum atomic E-state index is -0.110. The molecule has 1 aromatic rings. The van der Waals surface area contributed by atoms with Crippen LogP contribution in [0.4, 0.5) is 5.69 Å². The van der Waals surface area contributed by atoms with E-state index in [2.05, 4.69) is 0 Å². The van der Waals surface area contributed by atoms with Gasteiger partial charge in [0.15, 0.2) is 0 Å². The fraction of sp³-hybridized carbons (Fsp3) is 0.308. The number of nitrogens with two attached hydrogens (primary N) is 1. The van der Waals surface area contributed by atoms with Crippen LogP contribution in [-0.2, 0) is 9.63 Å². The Morgan fingerprint density at radius 3 is 2.71 bits per heavy atom. The molecule has 2 N–H and O–H groups in total. The summed E-state index contributed by atoms with van der Waals surface area (Å²) in [7, 11) is 0. The fourth-order valence-corrected chi connectivity index (χ4v) is 1.63. The Morgan fingerprint density at radius 2 is 2.06 bits per heavy atom. The molecular weight excluding hydrogens is 216 g/mol. The predicted octanol–water partition coefficient (Wildman–Crippen LogP) is 1.84. The van der Waals surface area contributed by atoms with Crippen molar-refractivity contribution in [3.63, 3.8) is 0 Å². The van der Waals surface area contributed by atoms with Crippen LogP contribution >= 0.6 is 0 Å². The van der Waals surface area contributed by atoms with Crippen LogP contribution in [0.1, 0.15) is 18.4 Å². The minimum Gasteiger partial charge on any atom is -0.399 e. The molecule has 1 aliphatic rings. The number of anilines is 1. The molecule has 4 heteroatoms. The molecule has 4 nitrogen and oxygen atoms in total. The molecular formula is C13H16N2O2. The topological polar surface area (TPSA) is 55.6 Å². The van der Waals surface area contributed by atoms with Crippen LogP contribution in [0.25, 0.3) is 6.08 Å². The molecule has 0 atom stereocenters. The molecule has 17 heavy (non-hydrogen) atoms. The number of carbonyl (C=O) groups is 1. The number of hydrogen-bond acceptors (Lipinski definition) is 3. The van der Waals surface area contributed by atoms with Gasteiger partial charge in [0, 0.05) is 18.3 Å². The normalized spacial score (nSPS) is 16.4. The quantitative estimate of drug-likeness (QED) is 0.625. The zero-order valence-corrected chi connectivity index (χ0v) is 9.63. The zero-order chi connectivity index (χ0) is 12.1. The van der Waals surface area contributed by atoms with Gasteiger partial charge in [0.25, 0.3) is 5.91 Å². The maximum atomic E-state index is 11.7. The molecule has 2 rings (SSSR count). The van der Waals surface area contributed by atoms with Gasteiger partial charge in [-0.15, -0.1) is 0 Å². The SMILES string of the molecule is Nc1ccc(/C=C/C(=O)N2CCCCO2)cc1. The Morgan fingerprint density at radius 1 is 1.29 bits per heavy atom. The summed E-state index contributed by atoms with van der Waals surface area (Å²) in [6, 6.07) is 7.36. The van der Waals surface area contributed by atoms with Gasteiger partial charge in [0.2, 0.25) is 0 Å². The van der Waals surface area contributed by atoms with E-state index in [1.165, 1.54) is 11.1 Å². The van der Waals surface area contributed by atoms with Crippen molar-refractivity contribution in [3.8, 4) is 0 Å². The molecule has 1 saturated heterocycles. The Balaban J connectivity index is 1.95. The first-order valence-corrected chi connectivity index (χ1v) is 5.74. The predicted molar refractivity (Wildman–Crippen MR) is 66.8 cm³/mol. The minimum absolute atomic E-state index is 0.110. The third-order valence-corrected chi connectivity index (χ3v) is 2.60. The molecule has 0 aromatic heterocycles. The summed E-state index contributed by atoms with van der Waals surface area (Å²) in [6.07, 6.45) is 5.31. The van der Waals surface area contributed by atoms with Crippen molar-refractivity contribution in [2.75, 3.05) is 18.9 Å². The molecule has 0 unspecified atom stereocenters. The summed E-state index contributed by atoms with van der Waals surface area (Å²) < 4.78 is 0. The lowest BCUT2D eigenvalue weighted by Gasteiger charge is -2.24. The Bertz CT molecular complexity index is 406. The second-order valence-electron chi connectivity index (χ2n) is 3.98. The van der Waals surface area contributed by atoms with E-state index >= 15 is 0 Å². The van der Waals surface area contributed by atoms with Gasteiger partial charge in [-0.05, 0) is 36.6 Å². The molecule has 0 aliphatic carbocycles. The van der Waals surface area contributed by atoms with Crippen LogP contribution in [0, 0.1) is 0 Å². The van der Waals surface area contributed by atoms with Crippen LogP contribution in [0.3, 0.4) is 0 Å². The van der Waals surface area contributed by atoms with Crippen LogP contribution in [0.5, 0.6) is 0 Å². The van der Waals surface area contributed by atoms with Crippen LogP contribution in [0.2, 0.25) is 0 Å². The number of rotatable bonds is 2. The van der Waals surface area contributed by atoms with E-state index < -0.39 is 0 Å². The highest BCUT2D eigenvalue weighted by Gasteiger charge is 2.14. The van der Waals surface area contributed by atoms with Crippen molar-refractivity contribution in [1.82, 2.24) is 5.06 Å². The fourth-order valence-electron chi connectivity index (χ4n) is 1.63. The molecule has 1 aromatic carbocycles. The van der Waals surface area contributed by atoms with Gasteiger partial charge in [-0.1, -0.05) is 12.1 Å². The zero-order valence-electron chi connectivity index (χ0n) is 9.63. The lowest BCUT2D eigenvalue weighted by atomic mass is 10.2. The van der Waals surface area contributed by atoms with Crippen molar-refractivity contribution in [3.05, 3.63) is 35.9 Å². The van der Waals surface area contributed by atoms with Crippen molar-refractivity contribution in [1.29, 1.82) is 0 Å². The van der Waals surface area contributed by atoms with E-state index in [0.29, 0.717) is 18.8 Å². The lowest BCUT2D eigenvalue weighted by molar-refractivity contribution is -0.191. The number of nitrogen functional groups attached to an aromatic ring is 1. The van der Waals surface area contributed by atoms with Crippen molar-refractivity contribution in [2.45, 2.75) is 12.8 Å². The first-order valence-electron chi connectivity index (χ1n) is 5.74. The first-order chi connectivity index (χ1) is 8.25. The monoisotopic (exact) mass is 232 g/mol. The molecule has 1 aliphatic heterocycles. The van der Waals surface area contributed by atoms with Gasteiger partial charge in [-0.3, -0.25) is 9.63 Å². The van der Waals surface area contributed by atoms with Crippen molar-refractivity contribution >= 4 is 17.7 Å². The number of nitrogens with zero attached hydrogens (tertiary/aromatic N) is 1. The van der Waals surface area contributed by atoms with Gasteiger partial charge in [0.1, 0.15) is 0 Å². The van der Waals surface area contributed by atoms with Crippen LogP contribution < -0.4 is 5.73 Å². The van der Waals surface area contributed by atoms with E-state index in [1.54, 1.807) is 6.08 Å². The number of carbonyl (C=O) groups excluding carboxylic acids is 1. The summed E-state index contributed by atoms with van der Waals surface area (Å²) in [5.74, 6) is -0.110.